The minimum Gasteiger partial charge on any atom is -0.395 e. The quantitative estimate of drug-likeness (QED) is 0.577. The molecule has 14 heavy (non-hydrogen) atoms. The van der Waals surface area contributed by atoms with E-state index >= 15 is 0 Å². The third kappa shape index (κ3) is 3.95. The van der Waals surface area contributed by atoms with E-state index in [1.54, 1.807) is 0 Å². The molecule has 3 heteroatoms. The van der Waals surface area contributed by atoms with Crippen molar-refractivity contribution in [1.29, 1.82) is 0 Å². The summed E-state index contributed by atoms with van der Waals surface area (Å²) in [6.07, 6.45) is 8.08. The first-order chi connectivity index (χ1) is 6.88. The summed E-state index contributed by atoms with van der Waals surface area (Å²) in [6, 6.07) is 0.417. The topological polar surface area (TPSA) is 58.3 Å². The van der Waals surface area contributed by atoms with E-state index in [0.717, 1.165) is 5.92 Å². The van der Waals surface area contributed by atoms with Crippen LogP contribution in [0, 0.1) is 5.92 Å². The van der Waals surface area contributed by atoms with Gasteiger partial charge in [0, 0.05) is 19.1 Å². The molecule has 0 aliphatic heterocycles. The number of nitrogens with one attached hydrogen (secondary N) is 1. The highest BCUT2D eigenvalue weighted by molar-refractivity contribution is 4.79. The van der Waals surface area contributed by atoms with Crippen LogP contribution < -0.4 is 11.1 Å². The third-order valence-corrected chi connectivity index (χ3v) is 3.24. The van der Waals surface area contributed by atoms with Crippen molar-refractivity contribution in [1.82, 2.24) is 5.32 Å². The van der Waals surface area contributed by atoms with E-state index in [1.807, 2.05) is 0 Å². The molecule has 0 amide bonds. The van der Waals surface area contributed by atoms with Crippen LogP contribution >= 0.6 is 0 Å². The highest BCUT2D eigenvalue weighted by atomic mass is 16.3. The van der Waals surface area contributed by atoms with Crippen LogP contribution in [0.25, 0.3) is 0 Å². The molecule has 0 radical (unpaired) electrons. The Bertz CT molecular complexity index is 133. The first kappa shape index (κ1) is 12.0. The number of nitrogens with two attached hydrogens (primary N) is 1. The average Bonchev–Trinajstić information content (AvgIpc) is 2.48. The van der Waals surface area contributed by atoms with Gasteiger partial charge >= 0.3 is 0 Å². The molecule has 1 aliphatic carbocycles. The van der Waals surface area contributed by atoms with Gasteiger partial charge in [-0.05, 0) is 18.8 Å². The Labute approximate surface area is 87.1 Å². The summed E-state index contributed by atoms with van der Waals surface area (Å²) < 4.78 is 0. The van der Waals surface area contributed by atoms with E-state index in [1.165, 1.54) is 38.5 Å². The Morgan fingerprint density at radius 1 is 1.21 bits per heavy atom. The van der Waals surface area contributed by atoms with E-state index in [9.17, 15) is 0 Å². The molecule has 0 spiro atoms. The fraction of sp³-hybridized carbons (Fsp3) is 1.00. The van der Waals surface area contributed by atoms with Gasteiger partial charge in [-0.25, -0.2) is 0 Å². The van der Waals surface area contributed by atoms with E-state index in [2.05, 4.69) is 5.32 Å². The van der Waals surface area contributed by atoms with E-state index < -0.39 is 0 Å². The number of hydrogen-bond donors (Lipinski definition) is 3. The minimum absolute atomic E-state index is 0.212. The van der Waals surface area contributed by atoms with Crippen LogP contribution in [0.3, 0.4) is 0 Å². The van der Waals surface area contributed by atoms with Crippen molar-refractivity contribution in [2.75, 3.05) is 19.7 Å². The van der Waals surface area contributed by atoms with Crippen LogP contribution in [-0.2, 0) is 0 Å². The molecule has 0 aromatic carbocycles. The minimum atomic E-state index is 0.212. The predicted octanol–water partition coefficient (Wildman–Crippen LogP) is 0.866. The zero-order valence-corrected chi connectivity index (χ0v) is 9.04. The molecule has 0 heterocycles. The Kier molecular flexibility index (Phi) is 6.15. The van der Waals surface area contributed by atoms with Crippen molar-refractivity contribution in [2.24, 2.45) is 11.7 Å². The lowest BCUT2D eigenvalue weighted by atomic mass is 9.92. The summed E-state index contributed by atoms with van der Waals surface area (Å²) in [7, 11) is 0. The summed E-state index contributed by atoms with van der Waals surface area (Å²) in [5, 5.41) is 12.1. The Hall–Kier alpha value is -0.120. The van der Waals surface area contributed by atoms with Crippen LogP contribution in [0.4, 0.5) is 0 Å². The molecule has 4 N–H and O–H groups in total. The van der Waals surface area contributed by atoms with Crippen molar-refractivity contribution in [3.05, 3.63) is 0 Å². The largest absolute Gasteiger partial charge is 0.395 e. The molecular formula is C11H24N2O. The van der Waals surface area contributed by atoms with Gasteiger partial charge in [0.05, 0.1) is 6.61 Å². The van der Waals surface area contributed by atoms with Gasteiger partial charge in [0.1, 0.15) is 0 Å². The van der Waals surface area contributed by atoms with Gasteiger partial charge in [0.25, 0.3) is 0 Å². The summed E-state index contributed by atoms with van der Waals surface area (Å²) in [5.41, 5.74) is 5.75. The third-order valence-electron chi connectivity index (χ3n) is 3.24. The molecule has 0 aromatic heterocycles. The molecule has 0 saturated heterocycles. The van der Waals surface area contributed by atoms with Crippen LogP contribution in [-0.4, -0.2) is 30.8 Å². The maximum Gasteiger partial charge on any atom is 0.0556 e. The van der Waals surface area contributed by atoms with E-state index in [-0.39, 0.29) is 6.61 Å². The fourth-order valence-corrected chi connectivity index (χ4v) is 2.41. The summed E-state index contributed by atoms with van der Waals surface area (Å²) >= 11 is 0. The molecule has 1 fully saturated rings. The fourth-order valence-electron chi connectivity index (χ4n) is 2.41. The second-order valence-corrected chi connectivity index (χ2v) is 4.27. The maximum absolute atomic E-state index is 8.76. The smallest absolute Gasteiger partial charge is 0.0556 e. The van der Waals surface area contributed by atoms with Crippen molar-refractivity contribution in [3.8, 4) is 0 Å². The maximum atomic E-state index is 8.76. The highest BCUT2D eigenvalue weighted by Gasteiger charge is 2.20. The number of aliphatic hydroxyl groups is 1. The number of rotatable bonds is 5. The Morgan fingerprint density at radius 3 is 2.36 bits per heavy atom. The summed E-state index contributed by atoms with van der Waals surface area (Å²) in [4.78, 5) is 0. The lowest BCUT2D eigenvalue weighted by Gasteiger charge is -2.25. The first-order valence-electron chi connectivity index (χ1n) is 5.92. The van der Waals surface area contributed by atoms with E-state index in [0.29, 0.717) is 19.1 Å². The Morgan fingerprint density at radius 2 is 1.86 bits per heavy atom. The lowest BCUT2D eigenvalue weighted by molar-refractivity contribution is 0.260. The van der Waals surface area contributed by atoms with Gasteiger partial charge in [-0.2, -0.15) is 0 Å². The first-order valence-corrected chi connectivity index (χ1v) is 5.92. The van der Waals surface area contributed by atoms with E-state index in [4.69, 9.17) is 10.8 Å². The molecule has 1 aliphatic rings. The summed E-state index contributed by atoms with van der Waals surface area (Å²) in [5.74, 6) is 0.731. The molecule has 1 atom stereocenters. The Balaban J connectivity index is 2.32. The number of hydrogen-bond acceptors (Lipinski definition) is 3. The second kappa shape index (κ2) is 7.21. The van der Waals surface area contributed by atoms with Crippen molar-refractivity contribution in [3.63, 3.8) is 0 Å². The molecule has 1 saturated carbocycles. The van der Waals surface area contributed by atoms with Crippen LogP contribution in [0.5, 0.6) is 0 Å². The molecule has 0 aromatic rings. The van der Waals surface area contributed by atoms with Crippen LogP contribution in [0.1, 0.15) is 38.5 Å². The van der Waals surface area contributed by atoms with Crippen molar-refractivity contribution >= 4 is 0 Å². The standard InChI is InChI=1S/C11H24N2O/c12-9-11(13-7-8-14)10-5-3-1-2-4-6-10/h10-11,13-14H,1-9,12H2. The zero-order chi connectivity index (χ0) is 10.2. The lowest BCUT2D eigenvalue weighted by Crippen LogP contribution is -2.43. The molecule has 84 valence electrons. The van der Waals surface area contributed by atoms with Crippen molar-refractivity contribution in [2.45, 2.75) is 44.6 Å². The predicted molar refractivity (Wildman–Crippen MR) is 59.1 cm³/mol. The van der Waals surface area contributed by atoms with Gasteiger partial charge in [0.15, 0.2) is 0 Å². The average molecular weight is 200 g/mol. The van der Waals surface area contributed by atoms with Gasteiger partial charge in [-0.3, -0.25) is 0 Å². The zero-order valence-electron chi connectivity index (χ0n) is 9.04. The SMILES string of the molecule is NCC(NCCO)C1CCCCCC1. The molecule has 0 bridgehead atoms. The van der Waals surface area contributed by atoms with Gasteiger partial charge in [0.2, 0.25) is 0 Å². The van der Waals surface area contributed by atoms with Gasteiger partial charge in [-0.15, -0.1) is 0 Å². The van der Waals surface area contributed by atoms with Gasteiger partial charge in [-0.1, -0.05) is 25.7 Å². The van der Waals surface area contributed by atoms with Crippen LogP contribution in [0.2, 0.25) is 0 Å². The van der Waals surface area contributed by atoms with Crippen molar-refractivity contribution < 1.29 is 5.11 Å². The highest BCUT2D eigenvalue weighted by Crippen LogP contribution is 2.25. The monoisotopic (exact) mass is 200 g/mol. The molecular weight excluding hydrogens is 176 g/mol. The van der Waals surface area contributed by atoms with Gasteiger partial charge < -0.3 is 16.2 Å². The molecule has 1 rings (SSSR count). The number of aliphatic hydroxyl groups excluding tert-OH is 1. The normalized spacial score (nSPS) is 21.9. The summed E-state index contributed by atoms with van der Waals surface area (Å²) in [6.45, 7) is 1.59. The molecule has 1 unspecified atom stereocenters. The van der Waals surface area contributed by atoms with Crippen LogP contribution in [0.15, 0.2) is 0 Å². The second-order valence-electron chi connectivity index (χ2n) is 4.27. The molecule has 3 nitrogen and oxygen atoms in total.